The molecule has 1 aliphatic rings. The fraction of sp³-hybridized carbons (Fsp3) is 0.421. The van der Waals surface area contributed by atoms with Crippen molar-refractivity contribution in [1.29, 1.82) is 0 Å². The summed E-state index contributed by atoms with van der Waals surface area (Å²) in [6.07, 6.45) is 3.46. The molecule has 0 saturated heterocycles. The van der Waals surface area contributed by atoms with E-state index in [1.54, 1.807) is 30.5 Å². The number of aromatic nitrogens is 2. The van der Waals surface area contributed by atoms with Gasteiger partial charge in [0.15, 0.2) is 0 Å². The Morgan fingerprint density at radius 3 is 2.68 bits per heavy atom. The highest BCUT2D eigenvalue weighted by atomic mass is 35.5. The highest BCUT2D eigenvalue weighted by Crippen LogP contribution is 2.38. The maximum Gasteiger partial charge on any atom is 0.251 e. The molecule has 0 aliphatic heterocycles. The van der Waals surface area contributed by atoms with Crippen LogP contribution in [-0.2, 0) is 0 Å². The van der Waals surface area contributed by atoms with E-state index in [2.05, 4.69) is 15.3 Å². The number of nitrogens with zero attached hydrogens (tertiary/aromatic N) is 2. The first-order valence-electron chi connectivity index (χ1n) is 8.68. The quantitative estimate of drug-likeness (QED) is 0.629. The average molecular weight is 410 g/mol. The van der Waals surface area contributed by atoms with Crippen LogP contribution in [-0.4, -0.2) is 58.6 Å². The van der Waals surface area contributed by atoms with Gasteiger partial charge in [0.2, 0.25) is 5.88 Å². The van der Waals surface area contributed by atoms with Gasteiger partial charge in [-0.1, -0.05) is 6.07 Å². The van der Waals surface area contributed by atoms with E-state index in [0.717, 1.165) is 0 Å². The summed E-state index contributed by atoms with van der Waals surface area (Å²) in [5, 5.41) is 22.9. The minimum Gasteiger partial charge on any atom is -0.497 e. The van der Waals surface area contributed by atoms with Crippen molar-refractivity contribution in [3.63, 3.8) is 0 Å². The standard InChI is InChI=1S/C19H23N3O5.ClH/c1-26-14-4-2-3-13(7-14)18(25)22-11-19(8-15(23)16(24)9-19)12-27-17-10-20-5-6-21-17;/h2-7,10,15-16,23-24H,8-9,11-12H2,1H3,(H,22,25);1H/t15-,16+,19?;. The number of aliphatic hydroxyl groups excluding tert-OH is 2. The zero-order valence-corrected chi connectivity index (χ0v) is 16.3. The van der Waals surface area contributed by atoms with Gasteiger partial charge in [0.1, 0.15) is 5.75 Å². The van der Waals surface area contributed by atoms with Crippen molar-refractivity contribution in [2.24, 2.45) is 5.41 Å². The number of amides is 1. The van der Waals surface area contributed by atoms with Crippen LogP contribution in [0.4, 0.5) is 0 Å². The molecule has 1 aromatic heterocycles. The topological polar surface area (TPSA) is 114 Å². The monoisotopic (exact) mass is 409 g/mol. The van der Waals surface area contributed by atoms with Gasteiger partial charge in [0.05, 0.1) is 32.1 Å². The van der Waals surface area contributed by atoms with Crippen molar-refractivity contribution in [2.45, 2.75) is 25.0 Å². The summed E-state index contributed by atoms with van der Waals surface area (Å²) in [5.74, 6) is 0.686. The number of carbonyl (C=O) groups is 1. The van der Waals surface area contributed by atoms with E-state index >= 15 is 0 Å². The molecule has 9 heteroatoms. The summed E-state index contributed by atoms with van der Waals surface area (Å²) in [4.78, 5) is 20.5. The molecule has 1 unspecified atom stereocenters. The van der Waals surface area contributed by atoms with Gasteiger partial charge in [-0.3, -0.25) is 9.78 Å². The van der Waals surface area contributed by atoms with Crippen molar-refractivity contribution < 1.29 is 24.5 Å². The number of halogens is 1. The Balaban J connectivity index is 0.00000280. The SMILES string of the molecule is COc1cccc(C(=O)NCC2(COc3cnccn3)C[C@@H](O)[C@@H](O)C2)c1.Cl. The molecule has 2 aromatic rings. The second kappa shape index (κ2) is 9.68. The van der Waals surface area contributed by atoms with Crippen LogP contribution >= 0.6 is 12.4 Å². The summed E-state index contributed by atoms with van der Waals surface area (Å²) in [5.41, 5.74) is -0.135. The van der Waals surface area contributed by atoms with Gasteiger partial charge < -0.3 is 25.0 Å². The Bertz CT molecular complexity index is 767. The molecular weight excluding hydrogens is 386 g/mol. The normalized spacial score (nSPS) is 23.5. The lowest BCUT2D eigenvalue weighted by atomic mass is 9.86. The maximum absolute atomic E-state index is 12.5. The van der Waals surface area contributed by atoms with Crippen LogP contribution in [0.3, 0.4) is 0 Å². The van der Waals surface area contributed by atoms with E-state index in [9.17, 15) is 15.0 Å². The molecule has 1 aliphatic carbocycles. The molecule has 3 rings (SSSR count). The Kier molecular flexibility index (Phi) is 7.56. The minimum atomic E-state index is -0.857. The Morgan fingerprint density at radius 2 is 2.04 bits per heavy atom. The van der Waals surface area contributed by atoms with E-state index in [0.29, 0.717) is 30.0 Å². The van der Waals surface area contributed by atoms with Crippen LogP contribution in [0.2, 0.25) is 0 Å². The molecule has 1 aromatic carbocycles. The second-order valence-corrected chi connectivity index (χ2v) is 6.79. The summed E-state index contributed by atoms with van der Waals surface area (Å²) in [6, 6.07) is 6.84. The van der Waals surface area contributed by atoms with Gasteiger partial charge in [0, 0.05) is 29.9 Å². The summed E-state index contributed by atoms with van der Waals surface area (Å²) < 4.78 is 10.8. The van der Waals surface area contributed by atoms with E-state index in [-0.39, 0.29) is 31.5 Å². The number of hydrogen-bond donors (Lipinski definition) is 3. The molecular formula is C19H24ClN3O5. The van der Waals surface area contributed by atoms with E-state index < -0.39 is 17.6 Å². The molecule has 1 heterocycles. The van der Waals surface area contributed by atoms with Gasteiger partial charge in [-0.05, 0) is 31.0 Å². The first-order chi connectivity index (χ1) is 13.0. The largest absolute Gasteiger partial charge is 0.497 e. The van der Waals surface area contributed by atoms with Gasteiger partial charge in [-0.25, -0.2) is 4.98 Å². The van der Waals surface area contributed by atoms with E-state index in [1.807, 2.05) is 0 Å². The van der Waals surface area contributed by atoms with Crippen LogP contribution in [0.15, 0.2) is 42.9 Å². The molecule has 152 valence electrons. The third-order valence-corrected chi connectivity index (χ3v) is 4.75. The molecule has 1 fully saturated rings. The smallest absolute Gasteiger partial charge is 0.251 e. The van der Waals surface area contributed by atoms with E-state index in [4.69, 9.17) is 9.47 Å². The maximum atomic E-state index is 12.5. The van der Waals surface area contributed by atoms with Gasteiger partial charge in [0.25, 0.3) is 5.91 Å². The lowest BCUT2D eigenvalue weighted by Crippen LogP contribution is -2.40. The van der Waals surface area contributed by atoms with Crippen LogP contribution in [0.1, 0.15) is 23.2 Å². The van der Waals surface area contributed by atoms with Crippen LogP contribution < -0.4 is 14.8 Å². The van der Waals surface area contributed by atoms with Crippen LogP contribution in [0, 0.1) is 5.41 Å². The highest BCUT2D eigenvalue weighted by molar-refractivity contribution is 5.94. The van der Waals surface area contributed by atoms with Crippen molar-refractivity contribution in [2.75, 3.05) is 20.3 Å². The van der Waals surface area contributed by atoms with Gasteiger partial charge in [-0.2, -0.15) is 0 Å². The number of methoxy groups -OCH3 is 1. The molecule has 0 bridgehead atoms. The third-order valence-electron chi connectivity index (χ3n) is 4.75. The van der Waals surface area contributed by atoms with Gasteiger partial charge in [-0.15, -0.1) is 12.4 Å². The predicted octanol–water partition coefficient (Wildman–Crippen LogP) is 1.22. The summed E-state index contributed by atoms with van der Waals surface area (Å²) in [6.45, 7) is 0.440. The number of ether oxygens (including phenoxy) is 2. The fourth-order valence-electron chi connectivity index (χ4n) is 3.28. The zero-order chi connectivity index (χ0) is 19.3. The number of carbonyl (C=O) groups excluding carboxylic acids is 1. The Labute approximate surface area is 169 Å². The number of nitrogens with one attached hydrogen (secondary N) is 1. The Hall–Kier alpha value is -2.42. The lowest BCUT2D eigenvalue weighted by Gasteiger charge is -2.29. The van der Waals surface area contributed by atoms with Crippen LogP contribution in [0.25, 0.3) is 0 Å². The molecule has 3 atom stereocenters. The zero-order valence-electron chi connectivity index (χ0n) is 15.4. The molecule has 8 nitrogen and oxygen atoms in total. The predicted molar refractivity (Wildman–Crippen MR) is 104 cm³/mol. The molecule has 1 amide bonds. The summed E-state index contributed by atoms with van der Waals surface area (Å²) >= 11 is 0. The molecule has 1 saturated carbocycles. The average Bonchev–Trinajstić information content (AvgIpc) is 2.99. The third kappa shape index (κ3) is 5.31. The van der Waals surface area contributed by atoms with Crippen molar-refractivity contribution >= 4 is 18.3 Å². The molecule has 28 heavy (non-hydrogen) atoms. The fourth-order valence-corrected chi connectivity index (χ4v) is 3.28. The molecule has 0 spiro atoms. The van der Waals surface area contributed by atoms with E-state index in [1.165, 1.54) is 19.5 Å². The lowest BCUT2D eigenvalue weighted by molar-refractivity contribution is 0.0438. The summed E-state index contributed by atoms with van der Waals surface area (Å²) in [7, 11) is 1.54. The minimum absolute atomic E-state index is 0. The van der Waals surface area contributed by atoms with Crippen molar-refractivity contribution in [1.82, 2.24) is 15.3 Å². The number of hydrogen-bond acceptors (Lipinski definition) is 7. The first-order valence-corrected chi connectivity index (χ1v) is 8.68. The van der Waals surface area contributed by atoms with Crippen molar-refractivity contribution in [3.8, 4) is 11.6 Å². The Morgan fingerprint density at radius 1 is 1.29 bits per heavy atom. The highest BCUT2D eigenvalue weighted by Gasteiger charge is 2.45. The van der Waals surface area contributed by atoms with Gasteiger partial charge >= 0.3 is 0 Å². The second-order valence-electron chi connectivity index (χ2n) is 6.79. The number of rotatable bonds is 7. The van der Waals surface area contributed by atoms with Crippen LogP contribution in [0.5, 0.6) is 11.6 Å². The number of aliphatic hydroxyl groups is 2. The molecule has 0 radical (unpaired) electrons. The first kappa shape index (κ1) is 21.9. The number of benzene rings is 1. The van der Waals surface area contributed by atoms with Crippen molar-refractivity contribution in [3.05, 3.63) is 48.4 Å². The molecule has 3 N–H and O–H groups in total.